The molecule has 1 aromatic carbocycles. The Morgan fingerprint density at radius 3 is 2.79 bits per heavy atom. The van der Waals surface area contributed by atoms with Crippen molar-refractivity contribution in [2.45, 2.75) is 6.54 Å². The molecule has 0 fully saturated rings. The van der Waals surface area contributed by atoms with Gasteiger partial charge in [0, 0.05) is 43.4 Å². The van der Waals surface area contributed by atoms with Crippen molar-refractivity contribution in [1.82, 2.24) is 9.97 Å². The maximum absolute atomic E-state index is 5.55. The standard InChI is InChI=1S/C14H17N3O2/c1-18-5-6-19-14-4-2-3-13(7-14)17-10-12-8-15-11-16-9-12/h2-4,7-9,11,17H,5-6,10H2,1H3. The molecule has 0 bridgehead atoms. The van der Waals surface area contributed by atoms with Crippen molar-refractivity contribution >= 4 is 5.69 Å². The van der Waals surface area contributed by atoms with E-state index in [4.69, 9.17) is 9.47 Å². The van der Waals surface area contributed by atoms with E-state index in [2.05, 4.69) is 15.3 Å². The van der Waals surface area contributed by atoms with Gasteiger partial charge in [0.05, 0.1) is 6.61 Å². The van der Waals surface area contributed by atoms with Crippen LogP contribution >= 0.6 is 0 Å². The summed E-state index contributed by atoms with van der Waals surface area (Å²) in [5, 5.41) is 3.30. The summed E-state index contributed by atoms with van der Waals surface area (Å²) in [5.41, 5.74) is 2.03. The molecule has 0 spiro atoms. The number of nitrogens with one attached hydrogen (secondary N) is 1. The first-order valence-electron chi connectivity index (χ1n) is 6.08. The smallest absolute Gasteiger partial charge is 0.121 e. The summed E-state index contributed by atoms with van der Waals surface area (Å²) in [6.45, 7) is 1.81. The molecule has 2 rings (SSSR count). The van der Waals surface area contributed by atoms with Crippen LogP contribution < -0.4 is 10.1 Å². The predicted molar refractivity (Wildman–Crippen MR) is 73.2 cm³/mol. The van der Waals surface area contributed by atoms with Crippen LogP contribution in [0, 0.1) is 0 Å². The first-order chi connectivity index (χ1) is 9.38. The lowest BCUT2D eigenvalue weighted by atomic mass is 10.2. The van der Waals surface area contributed by atoms with Gasteiger partial charge in [0.2, 0.25) is 0 Å². The third kappa shape index (κ3) is 4.56. The van der Waals surface area contributed by atoms with E-state index in [0.717, 1.165) is 17.0 Å². The highest BCUT2D eigenvalue weighted by Gasteiger charge is 1.98. The first kappa shape index (κ1) is 13.3. The number of hydrogen-bond donors (Lipinski definition) is 1. The second kappa shape index (κ2) is 7.33. The molecule has 1 aromatic heterocycles. The van der Waals surface area contributed by atoms with Crippen molar-refractivity contribution in [3.8, 4) is 5.75 Å². The van der Waals surface area contributed by atoms with Crippen LogP contribution in [0.3, 0.4) is 0 Å². The Kier molecular flexibility index (Phi) is 5.13. The molecule has 5 heteroatoms. The van der Waals surface area contributed by atoms with Crippen LogP contribution in [-0.4, -0.2) is 30.3 Å². The topological polar surface area (TPSA) is 56.3 Å². The third-order valence-electron chi connectivity index (χ3n) is 2.50. The van der Waals surface area contributed by atoms with Gasteiger partial charge in [-0.25, -0.2) is 9.97 Å². The molecule has 0 saturated carbocycles. The zero-order valence-corrected chi connectivity index (χ0v) is 10.9. The quantitative estimate of drug-likeness (QED) is 0.772. The van der Waals surface area contributed by atoms with Crippen molar-refractivity contribution in [3.05, 3.63) is 48.5 Å². The molecule has 0 saturated heterocycles. The fraction of sp³-hybridized carbons (Fsp3) is 0.286. The van der Waals surface area contributed by atoms with E-state index < -0.39 is 0 Å². The number of rotatable bonds is 7. The lowest BCUT2D eigenvalue weighted by molar-refractivity contribution is 0.146. The van der Waals surface area contributed by atoms with Crippen molar-refractivity contribution in [3.63, 3.8) is 0 Å². The molecule has 0 radical (unpaired) electrons. The van der Waals surface area contributed by atoms with Gasteiger partial charge in [-0.3, -0.25) is 0 Å². The molecule has 1 heterocycles. The second-order valence-corrected chi connectivity index (χ2v) is 3.97. The maximum atomic E-state index is 5.55. The fourth-order valence-electron chi connectivity index (χ4n) is 1.56. The molecule has 0 aliphatic carbocycles. The van der Waals surface area contributed by atoms with E-state index >= 15 is 0 Å². The number of hydrogen-bond acceptors (Lipinski definition) is 5. The van der Waals surface area contributed by atoms with Crippen LogP contribution in [0.15, 0.2) is 43.0 Å². The number of nitrogens with zero attached hydrogens (tertiary/aromatic N) is 2. The summed E-state index contributed by atoms with van der Waals surface area (Å²) >= 11 is 0. The van der Waals surface area contributed by atoms with Crippen LogP contribution in [0.5, 0.6) is 5.75 Å². The van der Waals surface area contributed by atoms with Crippen LogP contribution in [0.25, 0.3) is 0 Å². The van der Waals surface area contributed by atoms with E-state index in [9.17, 15) is 0 Å². The summed E-state index contributed by atoms with van der Waals surface area (Å²) in [4.78, 5) is 7.95. The maximum Gasteiger partial charge on any atom is 0.121 e. The van der Waals surface area contributed by atoms with Crippen molar-refractivity contribution in [2.24, 2.45) is 0 Å². The minimum atomic E-state index is 0.548. The van der Waals surface area contributed by atoms with E-state index in [0.29, 0.717) is 19.8 Å². The van der Waals surface area contributed by atoms with Crippen molar-refractivity contribution in [2.75, 3.05) is 25.6 Å². The SMILES string of the molecule is COCCOc1cccc(NCc2cncnc2)c1. The Bertz CT molecular complexity index is 491. The van der Waals surface area contributed by atoms with Crippen LogP contribution in [0.1, 0.15) is 5.56 Å². The molecule has 1 N–H and O–H groups in total. The molecule has 0 aliphatic heterocycles. The van der Waals surface area contributed by atoms with Gasteiger partial charge < -0.3 is 14.8 Å². The Morgan fingerprint density at radius 2 is 2.00 bits per heavy atom. The van der Waals surface area contributed by atoms with Gasteiger partial charge in [0.25, 0.3) is 0 Å². The molecule has 19 heavy (non-hydrogen) atoms. The highest BCUT2D eigenvalue weighted by Crippen LogP contribution is 2.17. The molecule has 0 amide bonds. The highest BCUT2D eigenvalue weighted by molar-refractivity contribution is 5.48. The number of methoxy groups -OCH3 is 1. The van der Waals surface area contributed by atoms with Crippen molar-refractivity contribution < 1.29 is 9.47 Å². The van der Waals surface area contributed by atoms with Gasteiger partial charge in [-0.2, -0.15) is 0 Å². The molecule has 0 atom stereocenters. The molecule has 2 aromatic rings. The van der Waals surface area contributed by atoms with Gasteiger partial charge in [-0.1, -0.05) is 6.07 Å². The Balaban J connectivity index is 1.88. The third-order valence-corrected chi connectivity index (χ3v) is 2.50. The van der Waals surface area contributed by atoms with E-state index in [1.54, 1.807) is 19.5 Å². The summed E-state index contributed by atoms with van der Waals surface area (Å²) in [6, 6.07) is 7.82. The predicted octanol–water partition coefficient (Wildman–Crippen LogP) is 2.11. The zero-order chi connectivity index (χ0) is 13.3. The second-order valence-electron chi connectivity index (χ2n) is 3.97. The number of anilines is 1. The average Bonchev–Trinajstić information content (AvgIpc) is 2.47. The summed E-state index contributed by atoms with van der Waals surface area (Å²) in [6.07, 6.45) is 5.10. The number of aromatic nitrogens is 2. The Hall–Kier alpha value is -2.14. The summed E-state index contributed by atoms with van der Waals surface area (Å²) in [5.74, 6) is 0.825. The van der Waals surface area contributed by atoms with Gasteiger partial charge in [-0.05, 0) is 12.1 Å². The minimum Gasteiger partial charge on any atom is -0.491 e. The molecular formula is C14H17N3O2. The summed E-state index contributed by atoms with van der Waals surface area (Å²) < 4.78 is 10.5. The minimum absolute atomic E-state index is 0.548. The average molecular weight is 259 g/mol. The number of ether oxygens (including phenoxy) is 2. The fourth-order valence-corrected chi connectivity index (χ4v) is 1.56. The molecule has 0 aliphatic rings. The Morgan fingerprint density at radius 1 is 1.16 bits per heavy atom. The van der Waals surface area contributed by atoms with Crippen LogP contribution in [-0.2, 0) is 11.3 Å². The monoisotopic (exact) mass is 259 g/mol. The normalized spacial score (nSPS) is 10.2. The summed E-state index contributed by atoms with van der Waals surface area (Å²) in [7, 11) is 1.66. The number of benzene rings is 1. The van der Waals surface area contributed by atoms with Gasteiger partial charge >= 0.3 is 0 Å². The van der Waals surface area contributed by atoms with E-state index in [-0.39, 0.29) is 0 Å². The molecular weight excluding hydrogens is 242 g/mol. The van der Waals surface area contributed by atoms with Gasteiger partial charge in [-0.15, -0.1) is 0 Å². The lowest BCUT2D eigenvalue weighted by Gasteiger charge is -2.09. The highest BCUT2D eigenvalue weighted by atomic mass is 16.5. The van der Waals surface area contributed by atoms with Crippen LogP contribution in [0.4, 0.5) is 5.69 Å². The van der Waals surface area contributed by atoms with Crippen molar-refractivity contribution in [1.29, 1.82) is 0 Å². The zero-order valence-electron chi connectivity index (χ0n) is 10.9. The van der Waals surface area contributed by atoms with Crippen LogP contribution in [0.2, 0.25) is 0 Å². The van der Waals surface area contributed by atoms with E-state index in [1.165, 1.54) is 6.33 Å². The van der Waals surface area contributed by atoms with E-state index in [1.807, 2.05) is 24.3 Å². The van der Waals surface area contributed by atoms with Gasteiger partial charge in [0.1, 0.15) is 18.7 Å². The molecule has 5 nitrogen and oxygen atoms in total. The Labute approximate surface area is 112 Å². The van der Waals surface area contributed by atoms with Gasteiger partial charge in [0.15, 0.2) is 0 Å². The molecule has 0 unspecified atom stereocenters. The largest absolute Gasteiger partial charge is 0.491 e. The lowest BCUT2D eigenvalue weighted by Crippen LogP contribution is -2.05. The molecule has 100 valence electrons. The first-order valence-corrected chi connectivity index (χ1v) is 6.08.